The van der Waals surface area contributed by atoms with E-state index in [-0.39, 0.29) is 5.75 Å². The summed E-state index contributed by atoms with van der Waals surface area (Å²) in [5.74, 6) is 0.907. The summed E-state index contributed by atoms with van der Waals surface area (Å²) >= 11 is 0. The van der Waals surface area contributed by atoms with Crippen molar-refractivity contribution in [3.63, 3.8) is 0 Å². The molecule has 12 heavy (non-hydrogen) atoms. The van der Waals surface area contributed by atoms with Gasteiger partial charge < -0.3 is 5.11 Å². The summed E-state index contributed by atoms with van der Waals surface area (Å²) in [4.78, 5) is 4.12. The van der Waals surface area contributed by atoms with Crippen LogP contribution in [0, 0.1) is 5.92 Å². The van der Waals surface area contributed by atoms with Crippen molar-refractivity contribution in [2.75, 3.05) is 0 Å². The summed E-state index contributed by atoms with van der Waals surface area (Å²) in [5.41, 5.74) is 1.06. The van der Waals surface area contributed by atoms with Gasteiger partial charge in [-0.1, -0.05) is 20.3 Å². The van der Waals surface area contributed by atoms with Crippen molar-refractivity contribution in [3.05, 3.63) is 24.0 Å². The van der Waals surface area contributed by atoms with Crippen molar-refractivity contribution in [2.45, 2.75) is 26.7 Å². The lowest BCUT2D eigenvalue weighted by atomic mass is 10.0. The minimum Gasteiger partial charge on any atom is -0.506 e. The van der Waals surface area contributed by atoms with Crippen LogP contribution < -0.4 is 0 Å². The molecule has 0 saturated heterocycles. The molecule has 1 N–H and O–H groups in total. The molecule has 1 heterocycles. The Morgan fingerprint density at radius 2 is 2.25 bits per heavy atom. The number of hydrogen-bond acceptors (Lipinski definition) is 2. The molecule has 0 bridgehead atoms. The van der Waals surface area contributed by atoms with Gasteiger partial charge in [-0.2, -0.15) is 0 Å². The highest BCUT2D eigenvalue weighted by Gasteiger charge is 2.01. The topological polar surface area (TPSA) is 33.1 Å². The maximum Gasteiger partial charge on any atom is 0.133 e. The van der Waals surface area contributed by atoms with E-state index in [4.69, 9.17) is 5.11 Å². The summed E-state index contributed by atoms with van der Waals surface area (Å²) in [6.45, 7) is 4.37. The maximum atomic E-state index is 8.99. The summed E-state index contributed by atoms with van der Waals surface area (Å²) in [6, 6.07) is 3.56. The van der Waals surface area contributed by atoms with Crippen molar-refractivity contribution in [3.8, 4) is 5.75 Å². The molecule has 1 atom stereocenters. The van der Waals surface area contributed by atoms with Crippen LogP contribution in [0.25, 0.3) is 0 Å². The second-order valence-corrected chi connectivity index (χ2v) is 3.23. The van der Waals surface area contributed by atoms with Crippen LogP contribution in [0.3, 0.4) is 0 Å². The van der Waals surface area contributed by atoms with Crippen LogP contribution in [0.15, 0.2) is 18.3 Å². The lowest BCUT2D eigenvalue weighted by Gasteiger charge is -2.06. The molecule has 66 valence electrons. The van der Waals surface area contributed by atoms with E-state index in [1.54, 1.807) is 6.07 Å². The minimum atomic E-state index is 0.239. The Labute approximate surface area is 73.3 Å². The standard InChI is InChI=1S/C10H15NO/c1-3-8(2)6-9-4-5-10(12)7-11-9/h4-5,7-8,12H,3,6H2,1-2H3. The van der Waals surface area contributed by atoms with E-state index >= 15 is 0 Å². The normalized spacial score (nSPS) is 12.8. The van der Waals surface area contributed by atoms with Crippen LogP contribution in [0.1, 0.15) is 26.0 Å². The highest BCUT2D eigenvalue weighted by atomic mass is 16.3. The van der Waals surface area contributed by atoms with Crippen LogP contribution in [-0.4, -0.2) is 10.1 Å². The van der Waals surface area contributed by atoms with Crippen molar-refractivity contribution in [2.24, 2.45) is 5.92 Å². The fourth-order valence-corrected chi connectivity index (χ4v) is 1.04. The molecule has 1 unspecified atom stereocenters. The molecule has 0 aliphatic heterocycles. The molecule has 0 aliphatic carbocycles. The Balaban J connectivity index is 2.58. The van der Waals surface area contributed by atoms with Crippen LogP contribution in [0.5, 0.6) is 5.75 Å². The zero-order valence-corrected chi connectivity index (χ0v) is 7.62. The zero-order chi connectivity index (χ0) is 8.97. The number of nitrogens with zero attached hydrogens (tertiary/aromatic N) is 1. The fourth-order valence-electron chi connectivity index (χ4n) is 1.04. The molecular formula is C10H15NO. The monoisotopic (exact) mass is 165 g/mol. The third kappa shape index (κ3) is 2.53. The van der Waals surface area contributed by atoms with Crippen LogP contribution in [0.4, 0.5) is 0 Å². The smallest absolute Gasteiger partial charge is 0.133 e. The first kappa shape index (κ1) is 9.04. The van der Waals surface area contributed by atoms with Crippen LogP contribution in [-0.2, 0) is 6.42 Å². The quantitative estimate of drug-likeness (QED) is 0.746. The minimum absolute atomic E-state index is 0.239. The first-order chi connectivity index (χ1) is 5.72. The Morgan fingerprint density at radius 3 is 2.75 bits per heavy atom. The maximum absolute atomic E-state index is 8.99. The van der Waals surface area contributed by atoms with E-state index in [1.165, 1.54) is 12.6 Å². The summed E-state index contributed by atoms with van der Waals surface area (Å²) in [7, 11) is 0. The molecular weight excluding hydrogens is 150 g/mol. The van der Waals surface area contributed by atoms with Crippen LogP contribution in [0.2, 0.25) is 0 Å². The lowest BCUT2D eigenvalue weighted by molar-refractivity contribution is 0.471. The van der Waals surface area contributed by atoms with Crippen molar-refractivity contribution in [1.82, 2.24) is 4.98 Å². The Kier molecular flexibility index (Phi) is 3.09. The lowest BCUT2D eigenvalue weighted by Crippen LogP contribution is -1.99. The van der Waals surface area contributed by atoms with Gasteiger partial charge in [-0.05, 0) is 24.5 Å². The molecule has 0 amide bonds. The van der Waals surface area contributed by atoms with Gasteiger partial charge in [-0.3, -0.25) is 4.98 Å². The van der Waals surface area contributed by atoms with Gasteiger partial charge in [0.05, 0.1) is 6.20 Å². The number of pyridine rings is 1. The van der Waals surface area contributed by atoms with E-state index in [2.05, 4.69) is 18.8 Å². The first-order valence-electron chi connectivity index (χ1n) is 4.36. The molecule has 1 rings (SSSR count). The second-order valence-electron chi connectivity index (χ2n) is 3.23. The molecule has 0 spiro atoms. The Bertz CT molecular complexity index is 230. The highest BCUT2D eigenvalue weighted by Crippen LogP contribution is 2.11. The summed E-state index contributed by atoms with van der Waals surface area (Å²) in [5, 5.41) is 8.99. The number of aromatic nitrogens is 1. The Morgan fingerprint density at radius 1 is 1.50 bits per heavy atom. The Hall–Kier alpha value is -1.05. The number of hydrogen-bond donors (Lipinski definition) is 1. The third-order valence-electron chi connectivity index (χ3n) is 2.06. The first-order valence-corrected chi connectivity index (χ1v) is 4.36. The molecule has 0 saturated carbocycles. The number of rotatable bonds is 3. The van der Waals surface area contributed by atoms with Crippen LogP contribution >= 0.6 is 0 Å². The van der Waals surface area contributed by atoms with Crippen molar-refractivity contribution < 1.29 is 5.11 Å². The van der Waals surface area contributed by atoms with Gasteiger partial charge in [0.1, 0.15) is 5.75 Å². The highest BCUT2D eigenvalue weighted by molar-refractivity contribution is 5.18. The largest absolute Gasteiger partial charge is 0.506 e. The molecule has 2 heteroatoms. The fraction of sp³-hybridized carbons (Fsp3) is 0.500. The predicted octanol–water partition coefficient (Wildman–Crippen LogP) is 2.38. The molecule has 1 aromatic heterocycles. The van der Waals surface area contributed by atoms with Gasteiger partial charge >= 0.3 is 0 Å². The zero-order valence-electron chi connectivity index (χ0n) is 7.62. The molecule has 0 fully saturated rings. The van der Waals surface area contributed by atoms with Gasteiger partial charge in [0.25, 0.3) is 0 Å². The van der Waals surface area contributed by atoms with E-state index in [1.807, 2.05) is 6.07 Å². The van der Waals surface area contributed by atoms with Gasteiger partial charge in [0.2, 0.25) is 0 Å². The molecule has 0 aliphatic rings. The summed E-state index contributed by atoms with van der Waals surface area (Å²) < 4.78 is 0. The average molecular weight is 165 g/mol. The van der Waals surface area contributed by atoms with Gasteiger partial charge in [0.15, 0.2) is 0 Å². The second kappa shape index (κ2) is 4.10. The van der Waals surface area contributed by atoms with E-state index in [9.17, 15) is 0 Å². The van der Waals surface area contributed by atoms with Crippen molar-refractivity contribution >= 4 is 0 Å². The van der Waals surface area contributed by atoms with E-state index < -0.39 is 0 Å². The SMILES string of the molecule is CCC(C)Cc1ccc(O)cn1. The van der Waals surface area contributed by atoms with Gasteiger partial charge in [-0.25, -0.2) is 0 Å². The molecule has 2 nitrogen and oxygen atoms in total. The van der Waals surface area contributed by atoms with Gasteiger partial charge in [0, 0.05) is 5.69 Å². The predicted molar refractivity (Wildman–Crippen MR) is 49.1 cm³/mol. The molecule has 0 aromatic carbocycles. The van der Waals surface area contributed by atoms with Gasteiger partial charge in [-0.15, -0.1) is 0 Å². The number of aromatic hydroxyl groups is 1. The average Bonchev–Trinajstić information content (AvgIpc) is 2.09. The van der Waals surface area contributed by atoms with Crippen molar-refractivity contribution in [1.29, 1.82) is 0 Å². The summed E-state index contributed by atoms with van der Waals surface area (Å²) in [6.07, 6.45) is 3.66. The molecule has 0 radical (unpaired) electrons. The van der Waals surface area contributed by atoms with E-state index in [0.29, 0.717) is 5.92 Å². The third-order valence-corrected chi connectivity index (χ3v) is 2.06. The molecule has 1 aromatic rings. The van der Waals surface area contributed by atoms with E-state index in [0.717, 1.165) is 12.1 Å².